The highest BCUT2D eigenvalue weighted by molar-refractivity contribution is 7.14. The van der Waals surface area contributed by atoms with Crippen LogP contribution in [0.3, 0.4) is 0 Å². The number of amides is 1. The fraction of sp³-hybridized carbons (Fsp3) is 0.333. The van der Waals surface area contributed by atoms with Gasteiger partial charge in [-0.1, -0.05) is 13.3 Å². The number of nitrogens with zero attached hydrogens (tertiary/aromatic N) is 1. The number of hydrogen-bond acceptors (Lipinski definition) is 4. The zero-order valence-corrected chi connectivity index (χ0v) is 13.3. The van der Waals surface area contributed by atoms with E-state index in [1.54, 1.807) is 24.3 Å². The Labute approximate surface area is 133 Å². The van der Waals surface area contributed by atoms with Crippen LogP contribution in [0.1, 0.15) is 35.8 Å². The van der Waals surface area contributed by atoms with Gasteiger partial charge >= 0.3 is 0 Å². The summed E-state index contributed by atoms with van der Waals surface area (Å²) in [7, 11) is 0. The molecule has 6 heteroatoms. The predicted molar refractivity (Wildman–Crippen MR) is 86.5 cm³/mol. The van der Waals surface area contributed by atoms with Crippen molar-refractivity contribution in [1.29, 1.82) is 0 Å². The van der Waals surface area contributed by atoms with E-state index in [1.165, 1.54) is 11.3 Å². The second-order valence-corrected chi connectivity index (χ2v) is 5.58. The van der Waals surface area contributed by atoms with E-state index in [0.717, 1.165) is 24.3 Å². The first-order valence-electron chi connectivity index (χ1n) is 6.77. The molecule has 0 spiro atoms. The third-order valence-electron chi connectivity index (χ3n) is 2.79. The number of anilines is 1. The van der Waals surface area contributed by atoms with Crippen molar-refractivity contribution in [3.05, 3.63) is 40.9 Å². The molecule has 1 aromatic carbocycles. The lowest BCUT2D eigenvalue weighted by molar-refractivity contribution is 0.102. The molecule has 1 amide bonds. The molecule has 0 atom stereocenters. The lowest BCUT2D eigenvalue weighted by Gasteiger charge is -2.06. The normalized spacial score (nSPS) is 10.4. The Morgan fingerprint density at radius 3 is 2.76 bits per heavy atom. The van der Waals surface area contributed by atoms with Crippen molar-refractivity contribution >= 4 is 34.0 Å². The third-order valence-corrected chi connectivity index (χ3v) is 3.87. The number of carbonyl (C=O) groups is 1. The summed E-state index contributed by atoms with van der Waals surface area (Å²) in [6.07, 6.45) is 2.12. The number of ether oxygens (including phenoxy) is 1. The number of rotatable bonds is 7. The maximum atomic E-state index is 12.1. The largest absolute Gasteiger partial charge is 0.494 e. The molecule has 2 rings (SSSR count). The number of thiazole rings is 1. The Morgan fingerprint density at radius 2 is 2.14 bits per heavy atom. The second-order valence-electron chi connectivity index (χ2n) is 4.46. The number of unbranched alkanes of at least 4 members (excludes halogenated alkanes) is 1. The molecule has 1 N–H and O–H groups in total. The number of nitrogens with one attached hydrogen (secondary N) is 1. The fourth-order valence-electron chi connectivity index (χ4n) is 1.63. The van der Waals surface area contributed by atoms with Crippen LogP contribution in [0.4, 0.5) is 5.13 Å². The minimum atomic E-state index is -0.189. The molecule has 0 fully saturated rings. The minimum absolute atomic E-state index is 0.189. The van der Waals surface area contributed by atoms with Gasteiger partial charge in [0, 0.05) is 10.9 Å². The average molecular weight is 325 g/mol. The van der Waals surface area contributed by atoms with Gasteiger partial charge < -0.3 is 4.74 Å². The van der Waals surface area contributed by atoms with Gasteiger partial charge in [0.1, 0.15) is 5.75 Å². The molecule has 1 heterocycles. The van der Waals surface area contributed by atoms with E-state index < -0.39 is 0 Å². The van der Waals surface area contributed by atoms with Gasteiger partial charge in [-0.2, -0.15) is 0 Å². The number of alkyl halides is 1. The summed E-state index contributed by atoms with van der Waals surface area (Å²) in [5.74, 6) is 0.931. The third kappa shape index (κ3) is 4.72. The van der Waals surface area contributed by atoms with Crippen molar-refractivity contribution in [3.8, 4) is 5.75 Å². The average Bonchev–Trinajstić information content (AvgIpc) is 2.96. The summed E-state index contributed by atoms with van der Waals surface area (Å²) in [4.78, 5) is 16.3. The van der Waals surface area contributed by atoms with Gasteiger partial charge in [0.05, 0.1) is 18.2 Å². The minimum Gasteiger partial charge on any atom is -0.494 e. The number of benzene rings is 1. The zero-order valence-electron chi connectivity index (χ0n) is 11.8. The van der Waals surface area contributed by atoms with Crippen LogP contribution in [0.2, 0.25) is 0 Å². The fourth-order valence-corrected chi connectivity index (χ4v) is 2.57. The molecule has 112 valence electrons. The van der Waals surface area contributed by atoms with Gasteiger partial charge in [0.15, 0.2) is 5.13 Å². The van der Waals surface area contributed by atoms with Crippen LogP contribution in [0.5, 0.6) is 5.75 Å². The summed E-state index contributed by atoms with van der Waals surface area (Å²) in [6.45, 7) is 2.81. The first-order chi connectivity index (χ1) is 10.2. The lowest BCUT2D eigenvalue weighted by Crippen LogP contribution is -2.11. The molecule has 0 saturated heterocycles. The Balaban J connectivity index is 1.93. The summed E-state index contributed by atoms with van der Waals surface area (Å²) in [5.41, 5.74) is 1.33. The summed E-state index contributed by atoms with van der Waals surface area (Å²) in [5, 5.41) is 5.13. The Kier molecular flexibility index (Phi) is 6.02. The van der Waals surface area contributed by atoms with E-state index in [4.69, 9.17) is 16.3 Å². The van der Waals surface area contributed by atoms with Gasteiger partial charge in [-0.15, -0.1) is 22.9 Å². The van der Waals surface area contributed by atoms with Gasteiger partial charge in [-0.3, -0.25) is 10.1 Å². The highest BCUT2D eigenvalue weighted by Gasteiger charge is 2.09. The monoisotopic (exact) mass is 324 g/mol. The van der Waals surface area contributed by atoms with Crippen LogP contribution >= 0.6 is 22.9 Å². The van der Waals surface area contributed by atoms with E-state index in [1.807, 2.05) is 5.38 Å². The molecule has 1 aromatic heterocycles. The molecule has 21 heavy (non-hydrogen) atoms. The van der Waals surface area contributed by atoms with Crippen molar-refractivity contribution in [1.82, 2.24) is 4.98 Å². The highest BCUT2D eigenvalue weighted by atomic mass is 35.5. The molecule has 0 saturated carbocycles. The van der Waals surface area contributed by atoms with Crippen molar-refractivity contribution in [2.45, 2.75) is 25.6 Å². The predicted octanol–water partition coefficient (Wildman–Crippen LogP) is 4.31. The van der Waals surface area contributed by atoms with Crippen LogP contribution in [0.15, 0.2) is 29.6 Å². The van der Waals surface area contributed by atoms with Crippen LogP contribution in [-0.4, -0.2) is 17.5 Å². The van der Waals surface area contributed by atoms with Crippen molar-refractivity contribution < 1.29 is 9.53 Å². The van der Waals surface area contributed by atoms with Crippen LogP contribution in [-0.2, 0) is 5.88 Å². The Morgan fingerprint density at radius 1 is 1.38 bits per heavy atom. The number of halogens is 1. The smallest absolute Gasteiger partial charge is 0.257 e. The molecular formula is C15H17ClN2O2S. The van der Waals surface area contributed by atoms with Crippen molar-refractivity contribution in [2.75, 3.05) is 11.9 Å². The summed E-state index contributed by atoms with van der Waals surface area (Å²) in [6, 6.07) is 7.09. The topological polar surface area (TPSA) is 51.2 Å². The molecule has 0 aliphatic heterocycles. The van der Waals surface area contributed by atoms with E-state index in [0.29, 0.717) is 23.2 Å². The maximum Gasteiger partial charge on any atom is 0.257 e. The highest BCUT2D eigenvalue weighted by Crippen LogP contribution is 2.18. The number of carbonyl (C=O) groups excluding carboxylic acids is 1. The van der Waals surface area contributed by atoms with Crippen molar-refractivity contribution in [2.24, 2.45) is 0 Å². The Hall–Kier alpha value is -1.59. The quantitative estimate of drug-likeness (QED) is 0.609. The molecule has 0 aliphatic carbocycles. The molecule has 2 aromatic rings. The zero-order chi connectivity index (χ0) is 15.1. The van der Waals surface area contributed by atoms with E-state index in [9.17, 15) is 4.79 Å². The SMILES string of the molecule is CCCCOc1ccc(C(=O)Nc2nc(CCl)cs2)cc1. The van der Waals surface area contributed by atoms with Crippen LogP contribution in [0, 0.1) is 0 Å². The Bertz CT molecular complexity index is 584. The standard InChI is InChI=1S/C15H17ClN2O2S/c1-2-3-8-20-13-6-4-11(5-7-13)14(19)18-15-17-12(9-16)10-21-15/h4-7,10H,2-3,8-9H2,1H3,(H,17,18,19). The van der Waals surface area contributed by atoms with Crippen LogP contribution in [0.25, 0.3) is 0 Å². The summed E-state index contributed by atoms with van der Waals surface area (Å²) >= 11 is 7.04. The van der Waals surface area contributed by atoms with E-state index in [2.05, 4.69) is 17.2 Å². The van der Waals surface area contributed by atoms with E-state index in [-0.39, 0.29) is 5.91 Å². The van der Waals surface area contributed by atoms with Gasteiger partial charge in [-0.05, 0) is 30.7 Å². The molecule has 0 unspecified atom stereocenters. The van der Waals surface area contributed by atoms with Gasteiger partial charge in [-0.25, -0.2) is 4.98 Å². The first kappa shape index (κ1) is 15.8. The number of aromatic nitrogens is 1. The van der Waals surface area contributed by atoms with E-state index >= 15 is 0 Å². The molecular weight excluding hydrogens is 308 g/mol. The molecule has 4 nitrogen and oxygen atoms in total. The lowest BCUT2D eigenvalue weighted by atomic mass is 10.2. The van der Waals surface area contributed by atoms with Gasteiger partial charge in [0.25, 0.3) is 5.91 Å². The maximum absolute atomic E-state index is 12.1. The number of hydrogen-bond donors (Lipinski definition) is 1. The molecule has 0 radical (unpaired) electrons. The van der Waals surface area contributed by atoms with Crippen molar-refractivity contribution in [3.63, 3.8) is 0 Å². The molecule has 0 aliphatic rings. The van der Waals surface area contributed by atoms with Crippen LogP contribution < -0.4 is 10.1 Å². The van der Waals surface area contributed by atoms with Gasteiger partial charge in [0.2, 0.25) is 0 Å². The molecule has 0 bridgehead atoms. The summed E-state index contributed by atoms with van der Waals surface area (Å²) < 4.78 is 5.56. The second kappa shape index (κ2) is 8.00. The first-order valence-corrected chi connectivity index (χ1v) is 8.19.